The first-order chi connectivity index (χ1) is 11.1. The van der Waals surface area contributed by atoms with Crippen LogP contribution in [0.25, 0.3) is 10.8 Å². The third-order valence-electron chi connectivity index (χ3n) is 4.45. The van der Waals surface area contributed by atoms with Crippen LogP contribution in [0.4, 0.5) is 4.79 Å². The summed E-state index contributed by atoms with van der Waals surface area (Å²) < 4.78 is 5.63. The van der Waals surface area contributed by atoms with Crippen molar-refractivity contribution in [3.8, 4) is 0 Å². The number of hydrogen-bond acceptors (Lipinski definition) is 2. The SMILES string of the molecule is CC(NC(=O)N(C)Cc1ccc2ccccc2c1)C1CCCO1. The second-order valence-corrected chi connectivity index (χ2v) is 6.33. The molecular formula is C19H24N2O2. The van der Waals surface area contributed by atoms with Crippen molar-refractivity contribution in [2.45, 2.75) is 38.5 Å². The number of nitrogens with one attached hydrogen (secondary N) is 1. The van der Waals surface area contributed by atoms with Crippen LogP contribution in [0, 0.1) is 0 Å². The summed E-state index contributed by atoms with van der Waals surface area (Å²) in [7, 11) is 1.83. The Morgan fingerprint density at radius 2 is 2.09 bits per heavy atom. The zero-order valence-electron chi connectivity index (χ0n) is 13.8. The first kappa shape index (κ1) is 15.8. The van der Waals surface area contributed by atoms with Gasteiger partial charge in [-0.25, -0.2) is 4.79 Å². The number of hydrogen-bond donors (Lipinski definition) is 1. The van der Waals surface area contributed by atoms with Crippen molar-refractivity contribution in [1.82, 2.24) is 10.2 Å². The molecule has 2 aromatic rings. The number of ether oxygens (including phenoxy) is 1. The molecule has 0 saturated carbocycles. The first-order valence-corrected chi connectivity index (χ1v) is 8.24. The van der Waals surface area contributed by atoms with Gasteiger partial charge in [0.05, 0.1) is 12.1 Å². The van der Waals surface area contributed by atoms with Gasteiger partial charge in [0.25, 0.3) is 0 Å². The van der Waals surface area contributed by atoms with Crippen molar-refractivity contribution in [1.29, 1.82) is 0 Å². The summed E-state index contributed by atoms with van der Waals surface area (Å²) in [6.07, 6.45) is 2.25. The van der Waals surface area contributed by atoms with E-state index in [1.165, 1.54) is 10.8 Å². The zero-order valence-corrected chi connectivity index (χ0v) is 13.8. The van der Waals surface area contributed by atoms with E-state index in [4.69, 9.17) is 4.74 Å². The van der Waals surface area contributed by atoms with Crippen molar-refractivity contribution >= 4 is 16.8 Å². The number of carbonyl (C=O) groups excluding carboxylic acids is 1. The average molecular weight is 312 g/mol. The van der Waals surface area contributed by atoms with E-state index >= 15 is 0 Å². The highest BCUT2D eigenvalue weighted by Gasteiger charge is 2.24. The molecule has 1 saturated heterocycles. The molecule has 0 aromatic heterocycles. The second-order valence-electron chi connectivity index (χ2n) is 6.33. The lowest BCUT2D eigenvalue weighted by Gasteiger charge is -2.24. The lowest BCUT2D eigenvalue weighted by molar-refractivity contribution is 0.0838. The van der Waals surface area contributed by atoms with Crippen LogP contribution in [-0.2, 0) is 11.3 Å². The molecule has 2 amide bonds. The number of fused-ring (bicyclic) bond motifs is 1. The van der Waals surface area contributed by atoms with Gasteiger partial charge in [0.15, 0.2) is 0 Å². The minimum Gasteiger partial charge on any atom is -0.376 e. The maximum atomic E-state index is 12.3. The Hall–Kier alpha value is -2.07. The predicted molar refractivity (Wildman–Crippen MR) is 92.4 cm³/mol. The second kappa shape index (κ2) is 7.01. The number of nitrogens with zero attached hydrogens (tertiary/aromatic N) is 1. The van der Waals surface area contributed by atoms with Crippen LogP contribution < -0.4 is 5.32 Å². The van der Waals surface area contributed by atoms with E-state index in [9.17, 15) is 4.79 Å². The Kier molecular flexibility index (Phi) is 4.82. The maximum absolute atomic E-state index is 12.3. The van der Waals surface area contributed by atoms with Gasteiger partial charge in [0.2, 0.25) is 0 Å². The molecule has 1 aliphatic rings. The van der Waals surface area contributed by atoms with Crippen LogP contribution in [0.2, 0.25) is 0 Å². The van der Waals surface area contributed by atoms with Crippen LogP contribution in [-0.4, -0.2) is 36.7 Å². The van der Waals surface area contributed by atoms with E-state index in [0.29, 0.717) is 6.54 Å². The van der Waals surface area contributed by atoms with Crippen molar-refractivity contribution in [3.63, 3.8) is 0 Å². The summed E-state index contributed by atoms with van der Waals surface area (Å²) in [5.74, 6) is 0. The minimum absolute atomic E-state index is 0.0454. The summed E-state index contributed by atoms with van der Waals surface area (Å²) in [6, 6.07) is 14.6. The molecule has 2 unspecified atom stereocenters. The fraction of sp³-hybridized carbons (Fsp3) is 0.421. The summed E-state index contributed by atoms with van der Waals surface area (Å²) in [5, 5.41) is 5.46. The fourth-order valence-electron chi connectivity index (χ4n) is 3.08. The molecule has 4 nitrogen and oxygen atoms in total. The van der Waals surface area contributed by atoms with Gasteiger partial charge in [-0.05, 0) is 42.2 Å². The molecule has 1 fully saturated rings. The number of carbonyl (C=O) groups is 1. The summed E-state index contributed by atoms with van der Waals surface area (Å²) in [4.78, 5) is 14.1. The van der Waals surface area contributed by atoms with Gasteiger partial charge in [-0.1, -0.05) is 36.4 Å². The molecule has 122 valence electrons. The van der Waals surface area contributed by atoms with Crippen molar-refractivity contribution in [2.75, 3.05) is 13.7 Å². The lowest BCUT2D eigenvalue weighted by Crippen LogP contribution is -2.46. The molecule has 0 bridgehead atoms. The van der Waals surface area contributed by atoms with E-state index in [1.807, 2.05) is 26.1 Å². The molecule has 4 heteroatoms. The normalized spacial score (nSPS) is 18.8. The standard InChI is InChI=1S/C19H24N2O2/c1-14(18-8-5-11-23-18)20-19(22)21(2)13-15-9-10-16-6-3-4-7-17(16)12-15/h3-4,6-7,9-10,12,14,18H,5,8,11,13H2,1-2H3,(H,20,22). The molecule has 1 heterocycles. The Labute approximate surface area is 137 Å². The highest BCUT2D eigenvalue weighted by molar-refractivity contribution is 5.83. The monoisotopic (exact) mass is 312 g/mol. The quantitative estimate of drug-likeness (QED) is 0.938. The number of rotatable bonds is 4. The van der Waals surface area contributed by atoms with Gasteiger partial charge in [-0.15, -0.1) is 0 Å². The van der Waals surface area contributed by atoms with Crippen LogP contribution in [0.5, 0.6) is 0 Å². The highest BCUT2D eigenvalue weighted by Crippen LogP contribution is 2.17. The van der Waals surface area contributed by atoms with Gasteiger partial charge in [0.1, 0.15) is 0 Å². The van der Waals surface area contributed by atoms with Crippen molar-refractivity contribution in [2.24, 2.45) is 0 Å². The average Bonchev–Trinajstić information content (AvgIpc) is 3.09. The van der Waals surface area contributed by atoms with E-state index in [-0.39, 0.29) is 18.2 Å². The van der Waals surface area contributed by atoms with Gasteiger partial charge in [0, 0.05) is 20.2 Å². The Morgan fingerprint density at radius 3 is 2.83 bits per heavy atom. The molecule has 2 aromatic carbocycles. The molecule has 2 atom stereocenters. The fourth-order valence-corrected chi connectivity index (χ4v) is 3.08. The van der Waals surface area contributed by atoms with Crippen LogP contribution in [0.3, 0.4) is 0 Å². The Bertz CT molecular complexity index is 680. The van der Waals surface area contributed by atoms with E-state index < -0.39 is 0 Å². The Morgan fingerprint density at radius 1 is 1.30 bits per heavy atom. The number of urea groups is 1. The molecule has 23 heavy (non-hydrogen) atoms. The third kappa shape index (κ3) is 3.82. The molecule has 0 radical (unpaired) electrons. The molecule has 1 aliphatic heterocycles. The topological polar surface area (TPSA) is 41.6 Å². The molecule has 0 aliphatic carbocycles. The summed E-state index contributed by atoms with van der Waals surface area (Å²) >= 11 is 0. The molecule has 3 rings (SSSR count). The van der Waals surface area contributed by atoms with E-state index in [0.717, 1.165) is 25.0 Å². The highest BCUT2D eigenvalue weighted by atomic mass is 16.5. The van der Waals surface area contributed by atoms with Gasteiger partial charge in [-0.3, -0.25) is 0 Å². The predicted octanol–water partition coefficient (Wildman–Crippen LogP) is 3.55. The number of amides is 2. The van der Waals surface area contributed by atoms with Crippen LogP contribution >= 0.6 is 0 Å². The molecule has 0 spiro atoms. The van der Waals surface area contributed by atoms with Gasteiger partial charge in [-0.2, -0.15) is 0 Å². The Balaban J connectivity index is 1.60. The molecule has 1 N–H and O–H groups in total. The van der Waals surface area contributed by atoms with E-state index in [1.54, 1.807) is 4.90 Å². The van der Waals surface area contributed by atoms with Gasteiger partial charge < -0.3 is 15.0 Å². The van der Waals surface area contributed by atoms with Crippen molar-refractivity contribution < 1.29 is 9.53 Å². The van der Waals surface area contributed by atoms with Gasteiger partial charge >= 0.3 is 6.03 Å². The van der Waals surface area contributed by atoms with E-state index in [2.05, 4.69) is 35.6 Å². The van der Waals surface area contributed by atoms with Crippen LogP contribution in [0.15, 0.2) is 42.5 Å². The van der Waals surface area contributed by atoms with Crippen molar-refractivity contribution in [3.05, 3.63) is 48.0 Å². The first-order valence-electron chi connectivity index (χ1n) is 8.24. The smallest absolute Gasteiger partial charge is 0.317 e. The maximum Gasteiger partial charge on any atom is 0.317 e. The minimum atomic E-state index is -0.0545. The largest absolute Gasteiger partial charge is 0.376 e. The molecular weight excluding hydrogens is 288 g/mol. The summed E-state index contributed by atoms with van der Waals surface area (Å²) in [5.41, 5.74) is 1.13. The summed E-state index contributed by atoms with van der Waals surface area (Å²) in [6.45, 7) is 3.41. The number of benzene rings is 2. The third-order valence-corrected chi connectivity index (χ3v) is 4.45. The zero-order chi connectivity index (χ0) is 16.2. The van der Waals surface area contributed by atoms with Crippen LogP contribution in [0.1, 0.15) is 25.3 Å². The lowest BCUT2D eigenvalue weighted by atomic mass is 10.1.